The van der Waals surface area contributed by atoms with E-state index in [1.165, 1.54) is 6.07 Å². The van der Waals surface area contributed by atoms with Gasteiger partial charge in [0.1, 0.15) is 11.6 Å². The first kappa shape index (κ1) is 14.9. The maximum Gasteiger partial charge on any atom is 0.255 e. The van der Waals surface area contributed by atoms with Crippen LogP contribution in [0.4, 0.5) is 10.2 Å². The molecule has 0 unspecified atom stereocenters. The van der Waals surface area contributed by atoms with Gasteiger partial charge in [-0.15, -0.1) is 5.10 Å². The number of halogens is 1. The van der Waals surface area contributed by atoms with E-state index in [0.717, 1.165) is 12.6 Å². The summed E-state index contributed by atoms with van der Waals surface area (Å²) in [6.07, 6.45) is 5.23. The molecular weight excluding hydrogens is 275 g/mol. The lowest BCUT2D eigenvalue weighted by atomic mass is 10.2. The molecule has 0 aromatic carbocycles. The van der Waals surface area contributed by atoms with Crippen LogP contribution in [0.3, 0.4) is 0 Å². The summed E-state index contributed by atoms with van der Waals surface area (Å²) in [4.78, 5) is 16.0. The van der Waals surface area contributed by atoms with E-state index in [0.29, 0.717) is 25.5 Å². The zero-order valence-electron chi connectivity index (χ0n) is 11.7. The zero-order valence-corrected chi connectivity index (χ0v) is 11.7. The Balaban J connectivity index is 1.98. The number of aromatic nitrogens is 4. The number of carbonyl (C=O) groups is 1. The van der Waals surface area contributed by atoms with Gasteiger partial charge in [0.25, 0.3) is 5.91 Å². The summed E-state index contributed by atoms with van der Waals surface area (Å²) in [5.41, 5.74) is 0.196. The van der Waals surface area contributed by atoms with Crippen LogP contribution < -0.4 is 10.6 Å². The number of anilines is 1. The highest BCUT2D eigenvalue weighted by molar-refractivity contribution is 5.98. The van der Waals surface area contributed by atoms with Crippen LogP contribution in [0.15, 0.2) is 24.7 Å². The van der Waals surface area contributed by atoms with E-state index in [1.54, 1.807) is 17.1 Å². The second kappa shape index (κ2) is 7.32. The Morgan fingerprint density at radius 2 is 2.29 bits per heavy atom. The number of hydrogen-bond acceptors (Lipinski definition) is 5. The van der Waals surface area contributed by atoms with Gasteiger partial charge in [0.2, 0.25) is 0 Å². The summed E-state index contributed by atoms with van der Waals surface area (Å²) in [6.45, 7) is 3.52. The van der Waals surface area contributed by atoms with Gasteiger partial charge in [0, 0.05) is 19.3 Å². The SMILES string of the molecule is CCCNc1ncc(F)cc1C(=O)NCCn1ccnn1. The lowest BCUT2D eigenvalue weighted by Crippen LogP contribution is -2.28. The molecule has 112 valence electrons. The van der Waals surface area contributed by atoms with Crippen molar-refractivity contribution in [1.29, 1.82) is 0 Å². The third-order valence-corrected chi connectivity index (χ3v) is 2.74. The first-order valence-corrected chi connectivity index (χ1v) is 6.72. The average molecular weight is 292 g/mol. The summed E-state index contributed by atoms with van der Waals surface area (Å²) in [5.74, 6) is -0.532. The van der Waals surface area contributed by atoms with Gasteiger partial charge >= 0.3 is 0 Å². The summed E-state index contributed by atoms with van der Waals surface area (Å²) in [6, 6.07) is 1.18. The average Bonchev–Trinajstić information content (AvgIpc) is 2.99. The molecule has 0 aliphatic carbocycles. The van der Waals surface area contributed by atoms with Gasteiger partial charge in [-0.1, -0.05) is 12.1 Å². The van der Waals surface area contributed by atoms with E-state index in [-0.39, 0.29) is 11.5 Å². The molecule has 0 atom stereocenters. The van der Waals surface area contributed by atoms with Gasteiger partial charge in [0.05, 0.1) is 24.5 Å². The van der Waals surface area contributed by atoms with Gasteiger partial charge in [-0.3, -0.25) is 9.48 Å². The van der Waals surface area contributed by atoms with Crippen LogP contribution in [0.2, 0.25) is 0 Å². The molecule has 2 aromatic rings. The monoisotopic (exact) mass is 292 g/mol. The number of amides is 1. The first-order valence-electron chi connectivity index (χ1n) is 6.72. The minimum atomic E-state index is -0.543. The van der Waals surface area contributed by atoms with Crippen molar-refractivity contribution in [2.45, 2.75) is 19.9 Å². The number of carbonyl (C=O) groups excluding carboxylic acids is 1. The van der Waals surface area contributed by atoms with Crippen molar-refractivity contribution < 1.29 is 9.18 Å². The molecule has 0 aliphatic heterocycles. The Morgan fingerprint density at radius 1 is 1.43 bits per heavy atom. The Hall–Kier alpha value is -2.51. The van der Waals surface area contributed by atoms with Crippen LogP contribution in [-0.4, -0.2) is 39.0 Å². The summed E-state index contributed by atoms with van der Waals surface area (Å²) in [5, 5.41) is 13.2. The Morgan fingerprint density at radius 3 is 3.00 bits per heavy atom. The minimum Gasteiger partial charge on any atom is -0.369 e. The van der Waals surface area contributed by atoms with Gasteiger partial charge in [-0.25, -0.2) is 9.37 Å². The van der Waals surface area contributed by atoms with E-state index in [9.17, 15) is 9.18 Å². The fraction of sp³-hybridized carbons (Fsp3) is 0.385. The first-order chi connectivity index (χ1) is 10.2. The lowest BCUT2D eigenvalue weighted by molar-refractivity contribution is 0.0952. The van der Waals surface area contributed by atoms with Gasteiger partial charge < -0.3 is 10.6 Å². The van der Waals surface area contributed by atoms with Crippen molar-refractivity contribution in [3.63, 3.8) is 0 Å². The molecular formula is C13H17FN6O. The second-order valence-electron chi connectivity index (χ2n) is 4.40. The molecule has 2 aromatic heterocycles. The number of pyridine rings is 1. The fourth-order valence-electron chi connectivity index (χ4n) is 1.73. The minimum absolute atomic E-state index is 0.196. The molecule has 2 N–H and O–H groups in total. The molecule has 0 bridgehead atoms. The Labute approximate surface area is 121 Å². The molecule has 7 nitrogen and oxygen atoms in total. The molecule has 2 rings (SSSR count). The van der Waals surface area contributed by atoms with Crippen LogP contribution in [0.1, 0.15) is 23.7 Å². The normalized spacial score (nSPS) is 10.4. The number of rotatable bonds is 7. The predicted molar refractivity (Wildman–Crippen MR) is 75.3 cm³/mol. The third kappa shape index (κ3) is 4.23. The molecule has 8 heteroatoms. The highest BCUT2D eigenvalue weighted by atomic mass is 19.1. The Bertz CT molecular complexity index is 586. The largest absolute Gasteiger partial charge is 0.369 e. The molecule has 0 spiro atoms. The fourth-order valence-corrected chi connectivity index (χ4v) is 1.73. The van der Waals surface area contributed by atoms with Gasteiger partial charge in [-0.05, 0) is 12.5 Å². The molecule has 0 radical (unpaired) electrons. The number of nitrogens with one attached hydrogen (secondary N) is 2. The van der Waals surface area contributed by atoms with E-state index in [2.05, 4.69) is 25.9 Å². The van der Waals surface area contributed by atoms with E-state index < -0.39 is 5.82 Å². The third-order valence-electron chi connectivity index (χ3n) is 2.74. The van der Waals surface area contributed by atoms with Crippen molar-refractivity contribution >= 4 is 11.7 Å². The summed E-state index contributed by atoms with van der Waals surface area (Å²) in [7, 11) is 0. The van der Waals surface area contributed by atoms with Crippen molar-refractivity contribution in [3.05, 3.63) is 36.0 Å². The summed E-state index contributed by atoms with van der Waals surface area (Å²) < 4.78 is 14.9. The van der Waals surface area contributed by atoms with Crippen LogP contribution in [0, 0.1) is 5.82 Å². The number of hydrogen-bond donors (Lipinski definition) is 2. The zero-order chi connectivity index (χ0) is 15.1. The van der Waals surface area contributed by atoms with Crippen LogP contribution in [-0.2, 0) is 6.54 Å². The van der Waals surface area contributed by atoms with Crippen molar-refractivity contribution in [2.75, 3.05) is 18.4 Å². The molecule has 0 aliphatic rings. The summed E-state index contributed by atoms with van der Waals surface area (Å²) >= 11 is 0. The quantitative estimate of drug-likeness (QED) is 0.797. The Kier molecular flexibility index (Phi) is 5.19. The number of nitrogens with zero attached hydrogens (tertiary/aromatic N) is 4. The standard InChI is InChI=1S/C13H17FN6O/c1-2-3-15-12-11(8-10(14)9-17-12)13(21)16-4-6-20-7-5-18-19-20/h5,7-9H,2-4,6H2,1H3,(H,15,17)(H,16,21). The van der Waals surface area contributed by atoms with Crippen molar-refractivity contribution in [1.82, 2.24) is 25.3 Å². The molecule has 0 fully saturated rings. The van der Waals surface area contributed by atoms with Crippen LogP contribution in [0.25, 0.3) is 0 Å². The molecule has 2 heterocycles. The smallest absolute Gasteiger partial charge is 0.255 e. The van der Waals surface area contributed by atoms with Gasteiger partial charge in [-0.2, -0.15) is 0 Å². The van der Waals surface area contributed by atoms with Crippen molar-refractivity contribution in [3.8, 4) is 0 Å². The van der Waals surface area contributed by atoms with Crippen molar-refractivity contribution in [2.24, 2.45) is 0 Å². The molecule has 21 heavy (non-hydrogen) atoms. The van der Waals surface area contributed by atoms with Gasteiger partial charge in [0.15, 0.2) is 0 Å². The molecule has 1 amide bonds. The van der Waals surface area contributed by atoms with E-state index in [4.69, 9.17) is 0 Å². The maximum absolute atomic E-state index is 13.3. The van der Waals surface area contributed by atoms with Crippen LogP contribution >= 0.6 is 0 Å². The highest BCUT2D eigenvalue weighted by Crippen LogP contribution is 2.13. The van der Waals surface area contributed by atoms with E-state index in [1.807, 2.05) is 6.92 Å². The lowest BCUT2D eigenvalue weighted by Gasteiger charge is -2.10. The van der Waals surface area contributed by atoms with Crippen LogP contribution in [0.5, 0.6) is 0 Å². The van der Waals surface area contributed by atoms with E-state index >= 15 is 0 Å². The second-order valence-corrected chi connectivity index (χ2v) is 4.40. The highest BCUT2D eigenvalue weighted by Gasteiger charge is 2.13. The topological polar surface area (TPSA) is 84.7 Å². The molecule has 0 saturated carbocycles. The molecule has 0 saturated heterocycles. The maximum atomic E-state index is 13.3. The predicted octanol–water partition coefficient (Wildman–Crippen LogP) is 1.06.